The van der Waals surface area contributed by atoms with E-state index in [4.69, 9.17) is 44.3 Å². The number of furan rings is 1. The smallest absolute Gasteiger partial charge is 0.250 e. The zero-order valence-corrected chi connectivity index (χ0v) is 22.1. The lowest BCUT2D eigenvalue weighted by atomic mass is 10.1. The zero-order chi connectivity index (χ0) is 26.8. The van der Waals surface area contributed by atoms with Crippen molar-refractivity contribution in [2.24, 2.45) is 0 Å². The van der Waals surface area contributed by atoms with E-state index in [9.17, 15) is 9.90 Å². The molecule has 7 nitrogen and oxygen atoms in total. The van der Waals surface area contributed by atoms with Crippen LogP contribution in [0.3, 0.4) is 0 Å². The predicted octanol–water partition coefficient (Wildman–Crippen LogP) is 7.60. The van der Waals surface area contributed by atoms with Crippen LogP contribution in [-0.2, 0) is 4.79 Å². The number of rotatable bonds is 5. The molecule has 0 aliphatic heterocycles. The number of hydrogen-bond donors (Lipinski definition) is 3. The van der Waals surface area contributed by atoms with Crippen molar-refractivity contribution in [2.45, 2.75) is 6.92 Å². The number of thiocarbonyl (C=S) groups is 1. The van der Waals surface area contributed by atoms with Crippen LogP contribution in [0.15, 0.2) is 81.6 Å². The number of para-hydroxylation sites is 2. The number of fused-ring (bicyclic) bond motifs is 1. The van der Waals surface area contributed by atoms with Gasteiger partial charge in [-0.1, -0.05) is 41.4 Å². The fraction of sp³-hybridized carbons (Fsp3) is 0.0357. The Morgan fingerprint density at radius 2 is 1.84 bits per heavy atom. The summed E-state index contributed by atoms with van der Waals surface area (Å²) in [6, 6.07) is 19.4. The molecule has 10 heteroatoms. The number of halogens is 2. The Morgan fingerprint density at radius 1 is 1.03 bits per heavy atom. The minimum Gasteiger partial charge on any atom is -0.507 e. The summed E-state index contributed by atoms with van der Waals surface area (Å²) in [6.45, 7) is 1.74. The minimum atomic E-state index is -0.462. The maximum atomic E-state index is 12.4. The molecule has 2 heterocycles. The van der Waals surface area contributed by atoms with E-state index in [1.54, 1.807) is 55.5 Å². The first kappa shape index (κ1) is 25.5. The molecule has 190 valence electrons. The predicted molar refractivity (Wildman–Crippen MR) is 153 cm³/mol. The summed E-state index contributed by atoms with van der Waals surface area (Å²) in [7, 11) is 0. The summed E-state index contributed by atoms with van der Waals surface area (Å²) in [5.41, 5.74) is 3.44. The lowest BCUT2D eigenvalue weighted by Gasteiger charge is -2.12. The van der Waals surface area contributed by atoms with E-state index in [1.165, 1.54) is 12.2 Å². The fourth-order valence-corrected chi connectivity index (χ4v) is 4.37. The molecular weight excluding hydrogens is 545 g/mol. The summed E-state index contributed by atoms with van der Waals surface area (Å²) in [5, 5.41) is 17.0. The van der Waals surface area contributed by atoms with E-state index in [0.717, 1.165) is 0 Å². The quantitative estimate of drug-likeness (QED) is 0.115. The molecule has 0 spiro atoms. The topological polar surface area (TPSA) is 101 Å². The van der Waals surface area contributed by atoms with Crippen LogP contribution in [0.1, 0.15) is 11.3 Å². The van der Waals surface area contributed by atoms with Crippen molar-refractivity contribution in [1.29, 1.82) is 0 Å². The van der Waals surface area contributed by atoms with Crippen LogP contribution >= 0.6 is 35.4 Å². The number of carbonyl (C=O) groups excluding carboxylic acids is 1. The minimum absolute atomic E-state index is 0.0388. The summed E-state index contributed by atoms with van der Waals surface area (Å²) >= 11 is 17.6. The van der Waals surface area contributed by atoms with Crippen molar-refractivity contribution < 1.29 is 18.7 Å². The number of oxazole rings is 1. The van der Waals surface area contributed by atoms with Crippen LogP contribution < -0.4 is 10.6 Å². The summed E-state index contributed by atoms with van der Waals surface area (Å²) < 4.78 is 11.6. The van der Waals surface area contributed by atoms with Crippen LogP contribution in [0, 0.1) is 6.92 Å². The normalized spacial score (nSPS) is 11.2. The highest BCUT2D eigenvalue weighted by atomic mass is 35.5. The molecule has 3 N–H and O–H groups in total. The highest BCUT2D eigenvalue weighted by molar-refractivity contribution is 7.80. The number of anilines is 1. The van der Waals surface area contributed by atoms with Crippen LogP contribution in [0.4, 0.5) is 5.69 Å². The van der Waals surface area contributed by atoms with E-state index in [2.05, 4.69) is 15.6 Å². The van der Waals surface area contributed by atoms with Gasteiger partial charge >= 0.3 is 0 Å². The average Bonchev–Trinajstić information content (AvgIpc) is 3.53. The molecule has 5 rings (SSSR count). The number of amides is 1. The second-order valence-corrected chi connectivity index (χ2v) is 9.45. The number of nitrogens with one attached hydrogen (secondary N) is 2. The maximum absolute atomic E-state index is 12.4. The van der Waals surface area contributed by atoms with E-state index in [0.29, 0.717) is 55.0 Å². The monoisotopic (exact) mass is 563 g/mol. The van der Waals surface area contributed by atoms with Gasteiger partial charge in [-0.2, -0.15) is 0 Å². The molecule has 3 aromatic carbocycles. The number of benzene rings is 3. The zero-order valence-electron chi connectivity index (χ0n) is 19.8. The molecule has 0 aliphatic carbocycles. The molecule has 0 bridgehead atoms. The standard InChI is InChI=1S/C28H19Cl2N3O4S/c1-15-13-16(14-19(26(15)35)27-32-21-7-2-3-8-23(21)37-27)31-28(38)33-24(34)12-10-17-9-11-22(36-17)18-5-4-6-20(29)25(18)30/h2-14,35H,1H3,(H2,31,33,34,38). The number of carbonyl (C=O) groups is 1. The Balaban J connectivity index is 1.26. The van der Waals surface area contributed by atoms with Gasteiger partial charge < -0.3 is 19.3 Å². The largest absolute Gasteiger partial charge is 0.507 e. The van der Waals surface area contributed by atoms with Crippen molar-refractivity contribution in [3.05, 3.63) is 94.2 Å². The third kappa shape index (κ3) is 5.43. The SMILES string of the molecule is Cc1cc(NC(=S)NC(=O)C=Cc2ccc(-c3cccc(Cl)c3Cl)o2)cc(-c2nc3ccccc3o2)c1O. The van der Waals surface area contributed by atoms with E-state index < -0.39 is 5.91 Å². The molecule has 1 amide bonds. The Morgan fingerprint density at radius 3 is 2.66 bits per heavy atom. The first-order chi connectivity index (χ1) is 18.3. The third-order valence-corrected chi connectivity index (χ3v) is 6.59. The van der Waals surface area contributed by atoms with Gasteiger partial charge in [0, 0.05) is 17.3 Å². The number of nitrogens with zero attached hydrogens (tertiary/aromatic N) is 1. The lowest BCUT2D eigenvalue weighted by Crippen LogP contribution is -2.32. The molecule has 5 aromatic rings. The fourth-order valence-electron chi connectivity index (χ4n) is 3.76. The van der Waals surface area contributed by atoms with Crippen LogP contribution in [0.2, 0.25) is 10.0 Å². The summed E-state index contributed by atoms with van der Waals surface area (Å²) in [5.74, 6) is 0.812. The van der Waals surface area contributed by atoms with Crippen LogP contribution in [0.5, 0.6) is 5.75 Å². The number of phenols is 1. The molecule has 0 atom stereocenters. The van der Waals surface area contributed by atoms with Crippen molar-refractivity contribution in [2.75, 3.05) is 5.32 Å². The van der Waals surface area contributed by atoms with Gasteiger partial charge in [0.25, 0.3) is 0 Å². The van der Waals surface area contributed by atoms with Crippen molar-refractivity contribution in [1.82, 2.24) is 10.3 Å². The Hall–Kier alpha value is -4.11. The molecule has 0 aliphatic rings. The van der Waals surface area contributed by atoms with Crippen molar-refractivity contribution >= 4 is 69.3 Å². The van der Waals surface area contributed by atoms with Crippen LogP contribution in [-0.4, -0.2) is 21.1 Å². The molecule has 38 heavy (non-hydrogen) atoms. The number of aromatic nitrogens is 1. The molecule has 0 saturated heterocycles. The second kappa shape index (κ2) is 10.7. The van der Waals surface area contributed by atoms with Crippen molar-refractivity contribution in [3.63, 3.8) is 0 Å². The molecular formula is C28H19Cl2N3O4S. The van der Waals surface area contributed by atoms with Gasteiger partial charge in [0.05, 0.1) is 15.6 Å². The maximum Gasteiger partial charge on any atom is 0.250 e. The van der Waals surface area contributed by atoms with E-state index >= 15 is 0 Å². The first-order valence-corrected chi connectivity index (χ1v) is 12.5. The first-order valence-electron chi connectivity index (χ1n) is 11.3. The van der Waals surface area contributed by atoms with Gasteiger partial charge in [0.15, 0.2) is 10.7 Å². The van der Waals surface area contributed by atoms with E-state index in [1.807, 2.05) is 18.2 Å². The number of hydrogen-bond acceptors (Lipinski definition) is 6. The van der Waals surface area contributed by atoms with Gasteiger partial charge in [-0.3, -0.25) is 10.1 Å². The second-order valence-electron chi connectivity index (χ2n) is 8.26. The third-order valence-electron chi connectivity index (χ3n) is 5.56. The Labute approximate surface area is 232 Å². The van der Waals surface area contributed by atoms with Crippen LogP contribution in [0.25, 0.3) is 40.0 Å². The lowest BCUT2D eigenvalue weighted by molar-refractivity contribution is -0.115. The Kier molecular flexibility index (Phi) is 7.20. The summed E-state index contributed by atoms with van der Waals surface area (Å²) in [6.07, 6.45) is 2.80. The molecule has 0 saturated carbocycles. The van der Waals surface area contributed by atoms with Crippen molar-refractivity contribution in [3.8, 4) is 28.5 Å². The van der Waals surface area contributed by atoms with Gasteiger partial charge in [-0.25, -0.2) is 4.98 Å². The van der Waals surface area contributed by atoms with E-state index in [-0.39, 0.29) is 16.8 Å². The highest BCUT2D eigenvalue weighted by Crippen LogP contribution is 2.36. The van der Waals surface area contributed by atoms with Gasteiger partial charge in [0.1, 0.15) is 22.8 Å². The summed E-state index contributed by atoms with van der Waals surface area (Å²) in [4.78, 5) is 16.9. The number of aryl methyl sites for hydroxylation is 1. The Bertz CT molecular complexity index is 1690. The van der Waals surface area contributed by atoms with Gasteiger partial charge in [-0.15, -0.1) is 0 Å². The molecule has 2 aromatic heterocycles. The van der Waals surface area contributed by atoms with Gasteiger partial charge in [0.2, 0.25) is 11.8 Å². The molecule has 0 unspecified atom stereocenters. The number of aromatic hydroxyl groups is 1. The molecule has 0 radical (unpaired) electrons. The number of phenolic OH excluding ortho intramolecular Hbond substituents is 1. The highest BCUT2D eigenvalue weighted by Gasteiger charge is 2.16. The van der Waals surface area contributed by atoms with Gasteiger partial charge in [-0.05, 0) is 79.3 Å². The molecule has 0 fully saturated rings. The average molecular weight is 564 g/mol.